The second kappa shape index (κ2) is 10.8. The summed E-state index contributed by atoms with van der Waals surface area (Å²) in [4.78, 5) is 16.4. The lowest BCUT2D eigenvalue weighted by Crippen LogP contribution is -2.42. The number of carbonyl (C=O) groups is 1. The maximum absolute atomic E-state index is 12.2. The van der Waals surface area contributed by atoms with Gasteiger partial charge >= 0.3 is 0 Å². The fourth-order valence-electron chi connectivity index (χ4n) is 2.76. The summed E-state index contributed by atoms with van der Waals surface area (Å²) in [6.45, 7) is 6.91. The molecule has 1 fully saturated rings. The van der Waals surface area contributed by atoms with E-state index in [0.717, 1.165) is 25.9 Å². The highest BCUT2D eigenvalue weighted by Gasteiger charge is 2.23. The summed E-state index contributed by atoms with van der Waals surface area (Å²) in [5, 5.41) is 6.41. The third-order valence-corrected chi connectivity index (χ3v) is 4.08. The summed E-state index contributed by atoms with van der Waals surface area (Å²) in [6, 6.07) is 4.05. The summed E-state index contributed by atoms with van der Waals surface area (Å²) in [6.07, 6.45) is 5.78. The van der Waals surface area contributed by atoms with E-state index in [1.54, 1.807) is 6.20 Å². The molecule has 0 bridgehead atoms. The van der Waals surface area contributed by atoms with Crippen molar-refractivity contribution in [3.05, 3.63) is 30.1 Å². The fourth-order valence-corrected chi connectivity index (χ4v) is 2.76. The number of rotatable bonds is 5. The number of carbonyl (C=O) groups excluding carboxylic acids is 1. The van der Waals surface area contributed by atoms with Gasteiger partial charge in [0.15, 0.2) is 0 Å². The molecule has 1 saturated heterocycles. The molecule has 6 heteroatoms. The van der Waals surface area contributed by atoms with E-state index in [4.69, 9.17) is 0 Å². The quantitative estimate of drug-likeness (QED) is 0.860. The number of nitrogens with one attached hydrogen (secondary N) is 2. The molecule has 0 radical (unpaired) electrons. The first-order chi connectivity index (χ1) is 9.68. The van der Waals surface area contributed by atoms with Crippen LogP contribution in [0.2, 0.25) is 0 Å². The Morgan fingerprint density at radius 3 is 2.77 bits per heavy atom. The predicted octanol–water partition coefficient (Wildman–Crippen LogP) is 2.78. The molecule has 1 aromatic rings. The van der Waals surface area contributed by atoms with Gasteiger partial charge in [0, 0.05) is 31.4 Å². The van der Waals surface area contributed by atoms with Crippen molar-refractivity contribution in [2.24, 2.45) is 11.8 Å². The maximum Gasteiger partial charge on any atom is 0.224 e. The number of nitrogens with zero attached hydrogens (tertiary/aromatic N) is 1. The van der Waals surface area contributed by atoms with E-state index >= 15 is 0 Å². The molecule has 22 heavy (non-hydrogen) atoms. The van der Waals surface area contributed by atoms with Crippen LogP contribution in [0.25, 0.3) is 0 Å². The van der Waals surface area contributed by atoms with E-state index < -0.39 is 0 Å². The van der Waals surface area contributed by atoms with Crippen molar-refractivity contribution in [2.75, 3.05) is 19.6 Å². The van der Waals surface area contributed by atoms with Gasteiger partial charge in [-0.15, -0.1) is 24.8 Å². The van der Waals surface area contributed by atoms with Crippen LogP contribution in [0.15, 0.2) is 24.5 Å². The molecule has 1 aliphatic heterocycles. The second-order valence-corrected chi connectivity index (χ2v) is 5.93. The number of hydrogen-bond donors (Lipinski definition) is 2. The van der Waals surface area contributed by atoms with Crippen LogP contribution in [0, 0.1) is 11.8 Å². The first kappa shape index (κ1) is 21.2. The molecule has 4 nitrogen and oxygen atoms in total. The maximum atomic E-state index is 12.2. The highest BCUT2D eigenvalue weighted by Crippen LogP contribution is 2.23. The van der Waals surface area contributed by atoms with Crippen molar-refractivity contribution < 1.29 is 4.79 Å². The smallest absolute Gasteiger partial charge is 0.224 e. The highest BCUT2D eigenvalue weighted by molar-refractivity contribution is 5.85. The Bertz CT molecular complexity index is 423. The Hall–Kier alpha value is -0.840. The van der Waals surface area contributed by atoms with Crippen LogP contribution >= 0.6 is 24.8 Å². The number of amides is 1. The van der Waals surface area contributed by atoms with E-state index in [2.05, 4.69) is 35.5 Å². The van der Waals surface area contributed by atoms with Gasteiger partial charge in [-0.1, -0.05) is 19.9 Å². The van der Waals surface area contributed by atoms with E-state index in [1.165, 1.54) is 5.56 Å². The monoisotopic (exact) mass is 347 g/mol. The lowest BCUT2D eigenvalue weighted by Gasteiger charge is -2.25. The van der Waals surface area contributed by atoms with Gasteiger partial charge in [-0.05, 0) is 36.9 Å². The molecule has 0 spiro atoms. The minimum atomic E-state index is 0. The van der Waals surface area contributed by atoms with Crippen LogP contribution in [0.3, 0.4) is 0 Å². The van der Waals surface area contributed by atoms with Gasteiger partial charge in [-0.2, -0.15) is 0 Å². The van der Waals surface area contributed by atoms with Crippen LogP contribution in [0.1, 0.15) is 38.2 Å². The van der Waals surface area contributed by atoms with Gasteiger partial charge in [-0.3, -0.25) is 9.78 Å². The Kier molecular flexibility index (Phi) is 10.4. The molecule has 2 heterocycles. The number of piperidine rings is 1. The number of aromatic nitrogens is 1. The zero-order chi connectivity index (χ0) is 14.4. The van der Waals surface area contributed by atoms with E-state index in [1.807, 2.05) is 12.3 Å². The first-order valence-electron chi connectivity index (χ1n) is 7.57. The number of hydrogen-bond acceptors (Lipinski definition) is 3. The summed E-state index contributed by atoms with van der Waals surface area (Å²) in [5.41, 5.74) is 1.20. The third kappa shape index (κ3) is 6.11. The predicted molar refractivity (Wildman–Crippen MR) is 94.9 cm³/mol. The largest absolute Gasteiger partial charge is 0.355 e. The topological polar surface area (TPSA) is 54.0 Å². The van der Waals surface area contributed by atoms with Crippen molar-refractivity contribution in [1.29, 1.82) is 0 Å². The Morgan fingerprint density at radius 1 is 1.45 bits per heavy atom. The van der Waals surface area contributed by atoms with Gasteiger partial charge in [-0.25, -0.2) is 0 Å². The lowest BCUT2D eigenvalue weighted by molar-refractivity contribution is -0.125. The van der Waals surface area contributed by atoms with Crippen LogP contribution < -0.4 is 10.6 Å². The number of halogens is 2. The summed E-state index contributed by atoms with van der Waals surface area (Å²) in [5.74, 6) is 1.12. The molecule has 0 aromatic carbocycles. The van der Waals surface area contributed by atoms with Gasteiger partial charge in [0.2, 0.25) is 5.91 Å². The normalized spacial score (nSPS) is 18.8. The molecular formula is C16H27Cl2N3O. The SMILES string of the molecule is CC(C)C(CNC(=O)C1CCCNC1)c1cccnc1.Cl.Cl. The molecule has 2 atom stereocenters. The molecule has 2 rings (SSSR count). The molecule has 0 aliphatic carbocycles. The first-order valence-corrected chi connectivity index (χ1v) is 7.57. The van der Waals surface area contributed by atoms with Crippen molar-refractivity contribution >= 4 is 30.7 Å². The zero-order valence-corrected chi connectivity index (χ0v) is 14.9. The summed E-state index contributed by atoms with van der Waals surface area (Å²) >= 11 is 0. The van der Waals surface area contributed by atoms with E-state index in [-0.39, 0.29) is 36.6 Å². The minimum absolute atomic E-state index is 0. The van der Waals surface area contributed by atoms with Gasteiger partial charge in [0.25, 0.3) is 0 Å². The van der Waals surface area contributed by atoms with Gasteiger partial charge in [0.1, 0.15) is 0 Å². The minimum Gasteiger partial charge on any atom is -0.355 e. The molecule has 2 N–H and O–H groups in total. The molecule has 2 unspecified atom stereocenters. The Balaban J connectivity index is 0.00000220. The number of pyridine rings is 1. The van der Waals surface area contributed by atoms with Crippen LogP contribution in [0.4, 0.5) is 0 Å². The van der Waals surface area contributed by atoms with Gasteiger partial charge in [0.05, 0.1) is 5.92 Å². The standard InChI is InChI=1S/C16H25N3O.2ClH/c1-12(2)15(13-5-3-7-17-9-13)11-19-16(20)14-6-4-8-18-10-14;;/h3,5,7,9,12,14-15,18H,4,6,8,10-11H2,1-2H3,(H,19,20);2*1H. The van der Waals surface area contributed by atoms with Crippen LogP contribution in [0.5, 0.6) is 0 Å². The molecule has 0 saturated carbocycles. The van der Waals surface area contributed by atoms with Crippen LogP contribution in [-0.2, 0) is 4.79 Å². The summed E-state index contributed by atoms with van der Waals surface area (Å²) < 4.78 is 0. The lowest BCUT2D eigenvalue weighted by atomic mass is 9.89. The van der Waals surface area contributed by atoms with Crippen LogP contribution in [-0.4, -0.2) is 30.5 Å². The molecule has 1 amide bonds. The van der Waals surface area contributed by atoms with Crippen molar-refractivity contribution in [2.45, 2.75) is 32.6 Å². The Labute approximate surface area is 145 Å². The van der Waals surface area contributed by atoms with Crippen molar-refractivity contribution in [3.63, 3.8) is 0 Å². The summed E-state index contributed by atoms with van der Waals surface area (Å²) in [7, 11) is 0. The van der Waals surface area contributed by atoms with E-state index in [0.29, 0.717) is 18.4 Å². The van der Waals surface area contributed by atoms with E-state index in [9.17, 15) is 4.79 Å². The zero-order valence-electron chi connectivity index (χ0n) is 13.2. The second-order valence-electron chi connectivity index (χ2n) is 5.93. The molecule has 1 aromatic heterocycles. The fraction of sp³-hybridized carbons (Fsp3) is 0.625. The third-order valence-electron chi connectivity index (χ3n) is 4.08. The average molecular weight is 348 g/mol. The molecule has 1 aliphatic rings. The molecular weight excluding hydrogens is 321 g/mol. The Morgan fingerprint density at radius 2 is 2.23 bits per heavy atom. The average Bonchev–Trinajstić information content (AvgIpc) is 2.49. The van der Waals surface area contributed by atoms with Crippen molar-refractivity contribution in [1.82, 2.24) is 15.6 Å². The highest BCUT2D eigenvalue weighted by atomic mass is 35.5. The molecule has 126 valence electrons. The van der Waals surface area contributed by atoms with Crippen molar-refractivity contribution in [3.8, 4) is 0 Å². The van der Waals surface area contributed by atoms with Gasteiger partial charge < -0.3 is 10.6 Å².